The maximum Gasteiger partial charge on any atom is 0.419 e. The van der Waals surface area contributed by atoms with Gasteiger partial charge in [0.05, 0.1) is 10.4 Å². The summed E-state index contributed by atoms with van der Waals surface area (Å²) in [5.74, 6) is -0.139. The summed E-state index contributed by atoms with van der Waals surface area (Å²) in [5.41, 5.74) is -0.738. The summed E-state index contributed by atoms with van der Waals surface area (Å²) in [5, 5.41) is 1.83. The van der Waals surface area contributed by atoms with Crippen molar-refractivity contribution in [3.05, 3.63) is 46.3 Å². The number of amides is 1. The predicted octanol–water partition coefficient (Wildman–Crippen LogP) is 3.12. The SMILES string of the molecule is O=C(c1cccs1)N1CCN(c2ncccc2C(F)(F)F)CC1. The molecule has 0 spiro atoms. The number of rotatable bonds is 2. The first-order valence-electron chi connectivity index (χ1n) is 7.07. The van der Waals surface area contributed by atoms with Crippen LogP contribution in [0.2, 0.25) is 0 Å². The molecular formula is C15H14F3N3OS. The van der Waals surface area contributed by atoms with Gasteiger partial charge in [0.25, 0.3) is 5.91 Å². The van der Waals surface area contributed by atoms with Crippen LogP contribution < -0.4 is 4.90 Å². The molecule has 1 amide bonds. The van der Waals surface area contributed by atoms with Crippen LogP contribution in [0.1, 0.15) is 15.2 Å². The van der Waals surface area contributed by atoms with Gasteiger partial charge in [-0.1, -0.05) is 6.07 Å². The van der Waals surface area contributed by atoms with Crippen LogP contribution in [0.5, 0.6) is 0 Å². The van der Waals surface area contributed by atoms with Crippen molar-refractivity contribution in [1.29, 1.82) is 0 Å². The van der Waals surface area contributed by atoms with E-state index in [1.807, 2.05) is 5.38 Å². The fourth-order valence-electron chi connectivity index (χ4n) is 2.55. The van der Waals surface area contributed by atoms with Gasteiger partial charge in [0.1, 0.15) is 5.82 Å². The molecule has 1 aliphatic heterocycles. The van der Waals surface area contributed by atoms with Crippen LogP contribution in [0.25, 0.3) is 0 Å². The van der Waals surface area contributed by atoms with Crippen molar-refractivity contribution < 1.29 is 18.0 Å². The number of carbonyl (C=O) groups excluding carboxylic acids is 1. The van der Waals surface area contributed by atoms with Crippen molar-refractivity contribution in [2.24, 2.45) is 0 Å². The highest BCUT2D eigenvalue weighted by Gasteiger charge is 2.36. The van der Waals surface area contributed by atoms with Gasteiger partial charge in [-0.05, 0) is 23.6 Å². The number of halogens is 3. The van der Waals surface area contributed by atoms with Crippen LogP contribution in [0, 0.1) is 0 Å². The van der Waals surface area contributed by atoms with Crippen molar-refractivity contribution in [3.8, 4) is 0 Å². The van der Waals surface area contributed by atoms with Gasteiger partial charge in [0, 0.05) is 32.4 Å². The minimum Gasteiger partial charge on any atom is -0.353 e. The third kappa shape index (κ3) is 3.31. The van der Waals surface area contributed by atoms with Crippen molar-refractivity contribution in [1.82, 2.24) is 9.88 Å². The molecule has 122 valence electrons. The molecule has 0 unspecified atom stereocenters. The van der Waals surface area contributed by atoms with E-state index in [1.54, 1.807) is 21.9 Å². The van der Waals surface area contributed by atoms with Gasteiger partial charge in [0.15, 0.2) is 0 Å². The first-order valence-corrected chi connectivity index (χ1v) is 7.95. The molecule has 4 nitrogen and oxygen atoms in total. The molecule has 3 heterocycles. The Morgan fingerprint density at radius 2 is 1.87 bits per heavy atom. The van der Waals surface area contributed by atoms with Gasteiger partial charge < -0.3 is 9.80 Å². The summed E-state index contributed by atoms with van der Waals surface area (Å²) < 4.78 is 39.2. The molecule has 0 aromatic carbocycles. The third-order valence-electron chi connectivity index (χ3n) is 3.69. The zero-order valence-electron chi connectivity index (χ0n) is 12.1. The summed E-state index contributed by atoms with van der Waals surface area (Å²) in [7, 11) is 0. The topological polar surface area (TPSA) is 36.4 Å². The van der Waals surface area contributed by atoms with Crippen molar-refractivity contribution >= 4 is 23.1 Å². The molecule has 23 heavy (non-hydrogen) atoms. The largest absolute Gasteiger partial charge is 0.419 e. The van der Waals surface area contributed by atoms with Gasteiger partial charge in [-0.25, -0.2) is 4.98 Å². The Bertz CT molecular complexity index is 680. The number of aromatic nitrogens is 1. The first kappa shape index (κ1) is 15.8. The molecule has 0 atom stereocenters. The van der Waals surface area contributed by atoms with E-state index in [-0.39, 0.29) is 11.7 Å². The minimum atomic E-state index is -4.44. The van der Waals surface area contributed by atoms with Crippen LogP contribution in [0.15, 0.2) is 35.8 Å². The second-order valence-electron chi connectivity index (χ2n) is 5.13. The Kier molecular flexibility index (Phi) is 4.25. The van der Waals surface area contributed by atoms with Crippen molar-refractivity contribution in [2.75, 3.05) is 31.1 Å². The monoisotopic (exact) mass is 341 g/mol. The average Bonchev–Trinajstić information content (AvgIpc) is 3.08. The van der Waals surface area contributed by atoms with E-state index in [1.165, 1.54) is 23.6 Å². The van der Waals surface area contributed by atoms with Gasteiger partial charge in [-0.2, -0.15) is 13.2 Å². The van der Waals surface area contributed by atoms with Crippen molar-refractivity contribution in [3.63, 3.8) is 0 Å². The molecule has 1 fully saturated rings. The van der Waals surface area contributed by atoms with Gasteiger partial charge in [-0.3, -0.25) is 4.79 Å². The molecule has 2 aromatic rings. The predicted molar refractivity (Wildman–Crippen MR) is 81.7 cm³/mol. The van der Waals surface area contributed by atoms with Crippen LogP contribution in [-0.4, -0.2) is 42.0 Å². The molecule has 0 N–H and O–H groups in total. The number of nitrogens with zero attached hydrogens (tertiary/aromatic N) is 3. The molecule has 1 saturated heterocycles. The number of thiophene rings is 1. The van der Waals surface area contributed by atoms with Crippen LogP contribution >= 0.6 is 11.3 Å². The lowest BCUT2D eigenvalue weighted by molar-refractivity contribution is -0.137. The van der Waals surface area contributed by atoms with Gasteiger partial charge in [-0.15, -0.1) is 11.3 Å². The summed E-state index contributed by atoms with van der Waals surface area (Å²) >= 11 is 1.36. The quantitative estimate of drug-likeness (QED) is 0.842. The van der Waals surface area contributed by atoms with Gasteiger partial charge >= 0.3 is 6.18 Å². The molecule has 8 heteroatoms. The highest BCUT2D eigenvalue weighted by molar-refractivity contribution is 7.12. The molecule has 3 rings (SSSR count). The molecule has 1 aliphatic rings. The Morgan fingerprint density at radius 1 is 1.13 bits per heavy atom. The minimum absolute atomic E-state index is 0.0665. The Morgan fingerprint density at radius 3 is 2.48 bits per heavy atom. The Hall–Kier alpha value is -2.09. The summed E-state index contributed by atoms with van der Waals surface area (Å²) in [6, 6.07) is 5.87. The zero-order valence-corrected chi connectivity index (χ0v) is 12.9. The number of carbonyl (C=O) groups is 1. The standard InChI is InChI=1S/C15H14F3N3OS/c16-15(17,18)11-3-1-5-19-13(11)20-6-8-21(9-7-20)14(22)12-4-2-10-23-12/h1-5,10H,6-9H2. The van der Waals surface area contributed by atoms with E-state index in [2.05, 4.69) is 4.98 Å². The summed E-state index contributed by atoms with van der Waals surface area (Å²) in [6.45, 7) is 1.42. The zero-order chi connectivity index (χ0) is 16.4. The second-order valence-corrected chi connectivity index (χ2v) is 6.08. The lowest BCUT2D eigenvalue weighted by Gasteiger charge is -2.36. The summed E-state index contributed by atoms with van der Waals surface area (Å²) in [4.78, 5) is 20.0. The Balaban J connectivity index is 1.72. The fraction of sp³-hybridized carbons (Fsp3) is 0.333. The molecule has 0 bridgehead atoms. The smallest absolute Gasteiger partial charge is 0.353 e. The molecule has 0 saturated carbocycles. The average molecular weight is 341 g/mol. The van der Waals surface area contributed by atoms with E-state index in [0.29, 0.717) is 31.1 Å². The van der Waals surface area contributed by atoms with Gasteiger partial charge in [0.2, 0.25) is 0 Å². The number of anilines is 1. The number of pyridine rings is 1. The van der Waals surface area contributed by atoms with E-state index in [9.17, 15) is 18.0 Å². The van der Waals surface area contributed by atoms with E-state index in [0.717, 1.165) is 6.07 Å². The highest BCUT2D eigenvalue weighted by Crippen LogP contribution is 2.35. The highest BCUT2D eigenvalue weighted by atomic mass is 32.1. The lowest BCUT2D eigenvalue weighted by Crippen LogP contribution is -2.49. The number of alkyl halides is 3. The normalized spacial score (nSPS) is 15.8. The fourth-order valence-corrected chi connectivity index (χ4v) is 3.24. The second kappa shape index (κ2) is 6.19. The van der Waals surface area contributed by atoms with E-state index < -0.39 is 11.7 Å². The maximum absolute atomic E-state index is 13.1. The number of hydrogen-bond acceptors (Lipinski definition) is 4. The van der Waals surface area contributed by atoms with E-state index >= 15 is 0 Å². The molecule has 0 radical (unpaired) electrons. The van der Waals surface area contributed by atoms with Crippen molar-refractivity contribution in [2.45, 2.75) is 6.18 Å². The third-order valence-corrected chi connectivity index (χ3v) is 4.55. The summed E-state index contributed by atoms with van der Waals surface area (Å²) in [6.07, 6.45) is -3.08. The Labute approximate surface area is 135 Å². The maximum atomic E-state index is 13.1. The first-order chi connectivity index (χ1) is 11.0. The van der Waals surface area contributed by atoms with E-state index in [4.69, 9.17) is 0 Å². The lowest BCUT2D eigenvalue weighted by atomic mass is 10.2. The molecule has 2 aromatic heterocycles. The van der Waals surface area contributed by atoms with Crippen LogP contribution in [0.4, 0.5) is 19.0 Å². The van der Waals surface area contributed by atoms with Crippen LogP contribution in [0.3, 0.4) is 0 Å². The van der Waals surface area contributed by atoms with Crippen LogP contribution in [-0.2, 0) is 6.18 Å². The number of hydrogen-bond donors (Lipinski definition) is 0. The molecular weight excluding hydrogens is 327 g/mol. The number of piperazine rings is 1. The molecule has 0 aliphatic carbocycles.